The van der Waals surface area contributed by atoms with Crippen molar-refractivity contribution >= 4 is 27.7 Å². The fourth-order valence-electron chi connectivity index (χ4n) is 5.86. The second-order valence-electron chi connectivity index (χ2n) is 11.5. The van der Waals surface area contributed by atoms with E-state index in [9.17, 15) is 22.4 Å². The van der Waals surface area contributed by atoms with E-state index in [1.807, 2.05) is 12.1 Å². The Bertz CT molecular complexity index is 1630. The maximum atomic E-state index is 13.7. The minimum absolute atomic E-state index is 0.244. The first kappa shape index (κ1) is 32.4. The molecule has 1 N–H and O–H groups in total. The Morgan fingerprint density at radius 2 is 1.73 bits per heavy atom. The highest BCUT2D eigenvalue weighted by atomic mass is 32.2. The second-order valence-corrected chi connectivity index (χ2v) is 13.4. The van der Waals surface area contributed by atoms with E-state index in [-0.39, 0.29) is 30.3 Å². The summed E-state index contributed by atoms with van der Waals surface area (Å²) in [6, 6.07) is 13.1. The predicted molar refractivity (Wildman–Crippen MR) is 167 cm³/mol. The third-order valence-corrected chi connectivity index (χ3v) is 9.46. The summed E-state index contributed by atoms with van der Waals surface area (Å²) in [5.74, 6) is -0.274. The molecular formula is C34H39FN2O7S. The van der Waals surface area contributed by atoms with Crippen molar-refractivity contribution in [2.75, 3.05) is 40.2 Å². The molecule has 240 valence electrons. The van der Waals surface area contributed by atoms with Crippen molar-refractivity contribution < 1.29 is 36.6 Å². The second kappa shape index (κ2) is 14.0. The van der Waals surface area contributed by atoms with E-state index >= 15 is 0 Å². The zero-order valence-electron chi connectivity index (χ0n) is 25.8. The van der Waals surface area contributed by atoms with E-state index in [1.165, 1.54) is 29.8 Å². The van der Waals surface area contributed by atoms with Crippen LogP contribution in [-0.4, -0.2) is 64.8 Å². The van der Waals surface area contributed by atoms with Gasteiger partial charge in [-0.3, -0.25) is 9.10 Å². The van der Waals surface area contributed by atoms with E-state index in [4.69, 9.17) is 14.2 Å². The first-order chi connectivity index (χ1) is 21.6. The van der Waals surface area contributed by atoms with E-state index in [0.29, 0.717) is 60.0 Å². The number of allylic oxidation sites excluding steroid dienone is 3. The van der Waals surface area contributed by atoms with Crippen LogP contribution in [0.25, 0.3) is 5.76 Å². The Balaban J connectivity index is 1.24. The van der Waals surface area contributed by atoms with Gasteiger partial charge in [0.1, 0.15) is 17.3 Å². The molecule has 1 fully saturated rings. The maximum Gasteiger partial charge on any atom is 0.337 e. The number of methoxy groups -OCH3 is 1. The highest BCUT2D eigenvalue weighted by molar-refractivity contribution is 7.88. The molecule has 1 aliphatic heterocycles. The SMILES string of the molecule is CNC(=O)C1=C(c2ccc(F)cc2)OC2=CC(N(CCCOCCCc3ccc(C(=O)OC)cc3)S(C)(=O)=O)=C(C3CC3)CC21. The molecule has 2 aliphatic carbocycles. The number of sulfonamides is 1. The van der Waals surface area contributed by atoms with Crippen LogP contribution in [0.5, 0.6) is 0 Å². The summed E-state index contributed by atoms with van der Waals surface area (Å²) in [5.41, 5.74) is 4.26. The highest BCUT2D eigenvalue weighted by Gasteiger charge is 2.44. The van der Waals surface area contributed by atoms with Gasteiger partial charge in [-0.1, -0.05) is 12.1 Å². The number of nitrogens with zero attached hydrogens (tertiary/aromatic N) is 1. The fourth-order valence-corrected chi connectivity index (χ4v) is 6.85. The van der Waals surface area contributed by atoms with Crippen LogP contribution < -0.4 is 5.32 Å². The van der Waals surface area contributed by atoms with Crippen LogP contribution in [0, 0.1) is 17.7 Å². The van der Waals surface area contributed by atoms with E-state index in [2.05, 4.69) is 5.32 Å². The number of rotatable bonds is 14. The van der Waals surface area contributed by atoms with Crippen LogP contribution in [0.1, 0.15) is 53.6 Å². The molecule has 0 aromatic heterocycles. The van der Waals surface area contributed by atoms with Crippen molar-refractivity contribution in [3.05, 3.63) is 99.7 Å². The zero-order valence-corrected chi connectivity index (χ0v) is 26.6. The number of hydrogen-bond acceptors (Lipinski definition) is 7. The predicted octanol–water partition coefficient (Wildman–Crippen LogP) is 4.97. The van der Waals surface area contributed by atoms with Crippen molar-refractivity contribution in [2.45, 2.75) is 38.5 Å². The number of nitrogens with one attached hydrogen (secondary N) is 1. The van der Waals surface area contributed by atoms with E-state index in [1.54, 1.807) is 37.4 Å². The van der Waals surface area contributed by atoms with Crippen LogP contribution in [0.2, 0.25) is 0 Å². The Labute approximate surface area is 263 Å². The van der Waals surface area contributed by atoms with Gasteiger partial charge in [-0.15, -0.1) is 0 Å². The Kier molecular flexibility index (Phi) is 10.1. The molecule has 45 heavy (non-hydrogen) atoms. The molecule has 3 aliphatic rings. The van der Waals surface area contributed by atoms with Gasteiger partial charge in [0.2, 0.25) is 10.0 Å². The molecule has 1 saturated carbocycles. The van der Waals surface area contributed by atoms with Gasteiger partial charge in [-0.05, 0) is 92.0 Å². The summed E-state index contributed by atoms with van der Waals surface area (Å²) in [6.07, 6.45) is 7.45. The molecule has 5 rings (SSSR count). The van der Waals surface area contributed by atoms with Crippen molar-refractivity contribution in [2.24, 2.45) is 11.8 Å². The first-order valence-corrected chi connectivity index (χ1v) is 17.0. The largest absolute Gasteiger partial charge is 0.465 e. The minimum atomic E-state index is -3.63. The lowest BCUT2D eigenvalue weighted by atomic mass is 9.83. The minimum Gasteiger partial charge on any atom is -0.465 e. The molecule has 1 unspecified atom stereocenters. The number of benzene rings is 2. The molecule has 11 heteroatoms. The zero-order chi connectivity index (χ0) is 32.1. The third kappa shape index (κ3) is 7.65. The average molecular weight is 639 g/mol. The Morgan fingerprint density at radius 1 is 1.04 bits per heavy atom. The van der Waals surface area contributed by atoms with Gasteiger partial charge >= 0.3 is 5.97 Å². The summed E-state index contributed by atoms with van der Waals surface area (Å²) in [5, 5.41) is 2.70. The van der Waals surface area contributed by atoms with Crippen molar-refractivity contribution in [3.8, 4) is 0 Å². The summed E-state index contributed by atoms with van der Waals surface area (Å²) in [4.78, 5) is 24.7. The maximum absolute atomic E-state index is 13.7. The van der Waals surface area contributed by atoms with Crippen LogP contribution in [-0.2, 0) is 35.4 Å². The topological polar surface area (TPSA) is 111 Å². The quantitative estimate of drug-likeness (QED) is 0.230. The van der Waals surface area contributed by atoms with Gasteiger partial charge < -0.3 is 19.5 Å². The normalized spacial score (nSPS) is 17.9. The number of carbonyl (C=O) groups is 2. The number of esters is 1. The van der Waals surface area contributed by atoms with Gasteiger partial charge in [-0.2, -0.15) is 0 Å². The van der Waals surface area contributed by atoms with Crippen LogP contribution in [0.3, 0.4) is 0 Å². The lowest BCUT2D eigenvalue weighted by Gasteiger charge is -2.31. The Hall–Kier alpha value is -3.96. The van der Waals surface area contributed by atoms with Gasteiger partial charge in [-0.25, -0.2) is 17.6 Å². The molecule has 0 saturated heterocycles. The van der Waals surface area contributed by atoms with Crippen molar-refractivity contribution in [1.29, 1.82) is 0 Å². The summed E-state index contributed by atoms with van der Waals surface area (Å²) >= 11 is 0. The number of hydrogen-bond donors (Lipinski definition) is 1. The lowest BCUT2D eigenvalue weighted by molar-refractivity contribution is -0.117. The number of ether oxygens (including phenoxy) is 3. The van der Waals surface area contributed by atoms with Crippen LogP contribution >= 0.6 is 0 Å². The first-order valence-electron chi connectivity index (χ1n) is 15.2. The number of aryl methyl sites for hydroxylation is 1. The monoisotopic (exact) mass is 638 g/mol. The number of likely N-dealkylation sites (N-methyl/N-ethyl adjacent to an activating group) is 1. The van der Waals surface area contributed by atoms with Gasteiger partial charge in [0.15, 0.2) is 0 Å². The molecule has 0 bridgehead atoms. The standard InChI is InChI=1S/C34H39FN2O7S/c1-36-33(38)31-28-20-27(23-11-12-23)29(21-30(28)44-32(31)24-13-15-26(35)16-14-24)37(45(3,40)41)17-5-19-43-18-4-6-22-7-9-25(10-8-22)34(39)42-2/h7-10,13-16,21,23,28H,4-6,11-12,17-20H2,1-3H3,(H,36,38). The lowest BCUT2D eigenvalue weighted by Crippen LogP contribution is -2.34. The van der Waals surface area contributed by atoms with Crippen molar-refractivity contribution in [3.63, 3.8) is 0 Å². The van der Waals surface area contributed by atoms with Gasteiger partial charge in [0.05, 0.1) is 36.1 Å². The molecule has 2 aromatic carbocycles. The highest BCUT2D eigenvalue weighted by Crippen LogP contribution is 2.51. The molecule has 0 radical (unpaired) electrons. The molecular weight excluding hydrogens is 599 g/mol. The molecule has 1 amide bonds. The van der Waals surface area contributed by atoms with E-state index in [0.717, 1.165) is 36.8 Å². The number of fused-ring (bicyclic) bond motifs is 1. The number of carbonyl (C=O) groups excluding carboxylic acids is 2. The third-order valence-electron chi connectivity index (χ3n) is 8.28. The van der Waals surface area contributed by atoms with Gasteiger partial charge in [0, 0.05) is 38.4 Å². The van der Waals surface area contributed by atoms with E-state index < -0.39 is 15.8 Å². The molecule has 9 nitrogen and oxygen atoms in total. The fraction of sp³-hybridized carbons (Fsp3) is 0.412. The molecule has 1 atom stereocenters. The van der Waals surface area contributed by atoms with Gasteiger partial charge in [0.25, 0.3) is 5.91 Å². The van der Waals surface area contributed by atoms with Crippen molar-refractivity contribution in [1.82, 2.24) is 9.62 Å². The average Bonchev–Trinajstić information content (AvgIpc) is 3.81. The molecule has 2 aromatic rings. The number of halogens is 1. The molecule has 1 heterocycles. The summed E-state index contributed by atoms with van der Waals surface area (Å²) in [7, 11) is -0.719. The molecule has 0 spiro atoms. The summed E-state index contributed by atoms with van der Waals surface area (Å²) in [6.45, 7) is 1.16. The summed E-state index contributed by atoms with van der Waals surface area (Å²) < 4.78 is 58.1. The van der Waals surface area contributed by atoms with Crippen LogP contribution in [0.15, 0.2) is 77.2 Å². The number of amides is 1. The Morgan fingerprint density at radius 3 is 2.36 bits per heavy atom. The van der Waals surface area contributed by atoms with Crippen LogP contribution in [0.4, 0.5) is 4.39 Å². The smallest absolute Gasteiger partial charge is 0.337 e.